The fourth-order valence-electron chi connectivity index (χ4n) is 4.16. The first-order valence-corrected chi connectivity index (χ1v) is 13.4. The molecular weight excluding hydrogens is 645 g/mol. The molecule has 16 heteroatoms. The molecule has 0 saturated heterocycles. The molecule has 0 spiro atoms. The van der Waals surface area contributed by atoms with E-state index < -0.39 is 70.0 Å². The molecule has 1 aliphatic rings. The molecule has 3 aromatic rings. The molecule has 0 atom stereocenters. The highest BCUT2D eigenvalue weighted by atomic mass is 19.4. The Hall–Kier alpha value is -6.42. The van der Waals surface area contributed by atoms with Crippen molar-refractivity contribution < 1.29 is 67.4 Å². The molecule has 0 aromatic heterocycles. The van der Waals surface area contributed by atoms with Gasteiger partial charge < -0.3 is 40.5 Å². The third kappa shape index (κ3) is 8.04. The van der Waals surface area contributed by atoms with Crippen LogP contribution < -0.4 is 5.32 Å². The van der Waals surface area contributed by atoms with E-state index in [1.807, 2.05) is 0 Å². The maximum atomic E-state index is 13.2. The number of hydrogen-bond acceptors (Lipinski definition) is 10. The Bertz CT molecular complexity index is 1850. The van der Waals surface area contributed by atoms with Crippen LogP contribution in [0.15, 0.2) is 102 Å². The van der Waals surface area contributed by atoms with E-state index in [-0.39, 0.29) is 34.5 Å². The van der Waals surface area contributed by atoms with E-state index in [0.717, 1.165) is 47.4 Å². The van der Waals surface area contributed by atoms with Crippen molar-refractivity contribution in [1.29, 1.82) is 0 Å². The Balaban J connectivity index is 0.00000625. The molecule has 1 heterocycles. The molecule has 3 aromatic carbocycles. The van der Waals surface area contributed by atoms with Gasteiger partial charge in [-0.15, -0.1) is 0 Å². The number of aromatic carboxylic acids is 1. The molecule has 0 fully saturated rings. The van der Waals surface area contributed by atoms with Crippen LogP contribution in [0.4, 0.5) is 13.2 Å². The van der Waals surface area contributed by atoms with Crippen LogP contribution in [0, 0.1) is 0 Å². The number of benzene rings is 3. The largest absolute Gasteiger partial charge is 0.508 e. The summed E-state index contributed by atoms with van der Waals surface area (Å²) in [7, 11) is 0. The first kappa shape index (κ1) is 36.1. The normalized spacial score (nSPS) is 12.7. The summed E-state index contributed by atoms with van der Waals surface area (Å²) in [6.07, 6.45) is -1.86. The number of nitrogens with zero attached hydrogens (tertiary/aromatic N) is 1. The predicted molar refractivity (Wildman–Crippen MR) is 158 cm³/mol. The van der Waals surface area contributed by atoms with Crippen molar-refractivity contribution >= 4 is 29.6 Å². The lowest BCUT2D eigenvalue weighted by molar-refractivity contribution is -0.197. The molecule has 0 aliphatic carbocycles. The summed E-state index contributed by atoms with van der Waals surface area (Å²) in [6.45, 7) is 1.43. The summed E-state index contributed by atoms with van der Waals surface area (Å²) in [5.41, 5.74) is -1.94. The van der Waals surface area contributed by atoms with Gasteiger partial charge in [-0.1, -0.05) is 18.2 Å². The SMILES string of the molecule is CCN1C=CC=C(OC(=O)c2ccc(C(=O)c3c(O)cccc3C(=O)O)cc2)C(NC(=O)c2ccc(O)cc2)=C1OC(=O)C(F)(F)F.O. The molecule has 1 aliphatic heterocycles. The average Bonchev–Trinajstić information content (AvgIpc) is 3.18. The zero-order valence-electron chi connectivity index (χ0n) is 24.6. The summed E-state index contributed by atoms with van der Waals surface area (Å²) >= 11 is 0. The molecule has 0 bridgehead atoms. The third-order valence-electron chi connectivity index (χ3n) is 6.45. The van der Waals surface area contributed by atoms with E-state index >= 15 is 0 Å². The number of hydrogen-bond donors (Lipinski definition) is 4. The van der Waals surface area contributed by atoms with Crippen molar-refractivity contribution in [3.8, 4) is 11.5 Å². The number of carbonyl (C=O) groups excluding carboxylic acids is 4. The van der Waals surface area contributed by atoms with E-state index in [2.05, 4.69) is 10.1 Å². The maximum absolute atomic E-state index is 13.2. The summed E-state index contributed by atoms with van der Waals surface area (Å²) in [5.74, 6) is -9.14. The second kappa shape index (κ2) is 14.8. The van der Waals surface area contributed by atoms with Crippen molar-refractivity contribution in [3.05, 3.63) is 130 Å². The molecule has 0 saturated carbocycles. The van der Waals surface area contributed by atoms with Gasteiger partial charge in [-0.05, 0) is 67.6 Å². The number of phenolic OH excluding ortho intramolecular Hbond substituents is 2. The lowest BCUT2D eigenvalue weighted by Crippen LogP contribution is -2.34. The summed E-state index contributed by atoms with van der Waals surface area (Å²) in [5, 5.41) is 31.4. The number of carboxylic acid groups (broad SMARTS) is 1. The summed E-state index contributed by atoms with van der Waals surface area (Å²) in [4.78, 5) is 63.8. The Morgan fingerprint density at radius 3 is 2.04 bits per heavy atom. The molecule has 0 radical (unpaired) electrons. The van der Waals surface area contributed by atoms with Crippen molar-refractivity contribution in [1.82, 2.24) is 10.2 Å². The minimum Gasteiger partial charge on any atom is -0.508 e. The van der Waals surface area contributed by atoms with Crippen molar-refractivity contribution in [2.75, 3.05) is 6.54 Å². The van der Waals surface area contributed by atoms with Crippen LogP contribution in [-0.2, 0) is 14.3 Å². The second-order valence-electron chi connectivity index (χ2n) is 9.53. The number of nitrogens with one attached hydrogen (secondary N) is 1. The Kier molecular flexibility index (Phi) is 11.1. The van der Waals surface area contributed by atoms with Gasteiger partial charge in [0.15, 0.2) is 11.5 Å². The van der Waals surface area contributed by atoms with E-state index in [1.165, 1.54) is 49.5 Å². The lowest BCUT2D eigenvalue weighted by Gasteiger charge is -2.24. The number of aromatic hydroxyl groups is 2. The average molecular weight is 671 g/mol. The molecule has 13 nitrogen and oxygen atoms in total. The molecule has 0 unspecified atom stereocenters. The molecule has 250 valence electrons. The van der Waals surface area contributed by atoms with E-state index in [4.69, 9.17) is 4.74 Å². The highest BCUT2D eigenvalue weighted by Crippen LogP contribution is 2.28. The highest BCUT2D eigenvalue weighted by molar-refractivity contribution is 6.16. The van der Waals surface area contributed by atoms with E-state index in [1.54, 1.807) is 0 Å². The number of halogens is 3. The second-order valence-corrected chi connectivity index (χ2v) is 9.53. The van der Waals surface area contributed by atoms with Gasteiger partial charge in [-0.3, -0.25) is 9.59 Å². The van der Waals surface area contributed by atoms with Gasteiger partial charge in [-0.2, -0.15) is 13.2 Å². The first-order valence-electron chi connectivity index (χ1n) is 13.4. The zero-order valence-corrected chi connectivity index (χ0v) is 24.6. The number of alkyl halides is 3. The van der Waals surface area contributed by atoms with Crippen molar-refractivity contribution in [3.63, 3.8) is 0 Å². The lowest BCUT2D eigenvalue weighted by atomic mass is 9.96. The van der Waals surface area contributed by atoms with Gasteiger partial charge in [-0.25, -0.2) is 14.4 Å². The number of allylic oxidation sites excluding steroid dienone is 2. The topological polar surface area (TPSA) is 211 Å². The number of phenols is 2. The van der Waals surface area contributed by atoms with Gasteiger partial charge in [0.1, 0.15) is 17.2 Å². The number of esters is 2. The molecule has 48 heavy (non-hydrogen) atoms. The van der Waals surface area contributed by atoms with E-state index in [9.17, 15) is 52.5 Å². The van der Waals surface area contributed by atoms with Crippen LogP contribution in [0.5, 0.6) is 11.5 Å². The number of ketones is 1. The fraction of sp³-hybridized carbons (Fsp3) is 0.0938. The molecule has 4 rings (SSSR count). The smallest absolute Gasteiger partial charge is 0.491 e. The highest BCUT2D eigenvalue weighted by Gasteiger charge is 2.43. The minimum absolute atomic E-state index is 0. The first-order chi connectivity index (χ1) is 22.2. The zero-order chi connectivity index (χ0) is 34.5. The predicted octanol–water partition coefficient (Wildman–Crippen LogP) is 3.80. The van der Waals surface area contributed by atoms with Gasteiger partial charge in [0.25, 0.3) is 5.91 Å². The number of ether oxygens (including phenoxy) is 2. The van der Waals surface area contributed by atoms with Crippen LogP contribution in [-0.4, -0.2) is 68.0 Å². The number of carbonyl (C=O) groups is 5. The van der Waals surface area contributed by atoms with Gasteiger partial charge in [0.2, 0.25) is 5.88 Å². The Labute approximate surface area is 268 Å². The van der Waals surface area contributed by atoms with Crippen LogP contribution in [0.1, 0.15) is 53.9 Å². The number of amides is 1. The van der Waals surface area contributed by atoms with Gasteiger partial charge >= 0.3 is 24.1 Å². The van der Waals surface area contributed by atoms with Crippen molar-refractivity contribution in [2.45, 2.75) is 13.1 Å². The van der Waals surface area contributed by atoms with E-state index in [0.29, 0.717) is 0 Å². The standard InChI is InChI=1S/C32H23F3N2O10.H2O/c1-2-37-16-4-7-23(25(28(37)47-31(45)32(33,34)35)36-27(41)18-12-14-20(38)15-13-18)46-30(44)19-10-8-17(9-11-19)26(40)24-21(29(42)43)5-3-6-22(24)39;/h3-16,38-39H,2H2,1H3,(H,36,41)(H,42,43);1H2. The Morgan fingerprint density at radius 2 is 1.46 bits per heavy atom. The fourth-order valence-corrected chi connectivity index (χ4v) is 4.16. The van der Waals surface area contributed by atoms with Crippen LogP contribution in [0.2, 0.25) is 0 Å². The molecular formula is C32H25F3N2O11. The third-order valence-corrected chi connectivity index (χ3v) is 6.45. The van der Waals surface area contributed by atoms with Gasteiger partial charge in [0.05, 0.1) is 16.7 Å². The van der Waals surface area contributed by atoms with Crippen LogP contribution in [0.25, 0.3) is 0 Å². The van der Waals surface area contributed by atoms with Crippen molar-refractivity contribution in [2.24, 2.45) is 0 Å². The minimum atomic E-state index is -5.43. The quantitative estimate of drug-likeness (QED) is 0.190. The molecule has 6 N–H and O–H groups in total. The number of carboxylic acids is 1. The monoisotopic (exact) mass is 670 g/mol. The summed E-state index contributed by atoms with van der Waals surface area (Å²) in [6, 6.07) is 12.8. The van der Waals surface area contributed by atoms with Crippen LogP contribution in [0.3, 0.4) is 0 Å². The summed E-state index contributed by atoms with van der Waals surface area (Å²) < 4.78 is 49.8. The molecule has 1 amide bonds. The maximum Gasteiger partial charge on any atom is 0.491 e. The Morgan fingerprint density at radius 1 is 0.854 bits per heavy atom. The number of rotatable bonds is 9. The van der Waals surface area contributed by atoms with Gasteiger partial charge in [0, 0.05) is 23.9 Å². The van der Waals surface area contributed by atoms with Crippen LogP contribution >= 0.6 is 0 Å².